The molecule has 0 aliphatic heterocycles. The van der Waals surface area contributed by atoms with Crippen LogP contribution in [0.25, 0.3) is 0 Å². The number of ether oxygens (including phenoxy) is 1. The van der Waals surface area contributed by atoms with E-state index in [1.807, 2.05) is 0 Å². The van der Waals surface area contributed by atoms with Crippen molar-refractivity contribution < 1.29 is 18.1 Å². The summed E-state index contributed by atoms with van der Waals surface area (Å²) in [5, 5.41) is 12.3. The molecule has 0 aliphatic carbocycles. The molecule has 0 spiro atoms. The maximum absolute atomic E-state index is 12.9. The molecule has 30 heavy (non-hydrogen) atoms. The SMILES string of the molecule is Cc1cc(S(=O)(=O)Nc2cc(Oc3ccc(Cl)cc3)cc([N+](=O)[O-])c2)c(C)cc1Cl. The summed E-state index contributed by atoms with van der Waals surface area (Å²) in [5.41, 5.74) is 0.693. The number of sulfonamides is 1. The topological polar surface area (TPSA) is 98.5 Å². The highest BCUT2D eigenvalue weighted by molar-refractivity contribution is 7.92. The lowest BCUT2D eigenvalue weighted by Gasteiger charge is -2.13. The first-order chi connectivity index (χ1) is 14.0. The van der Waals surface area contributed by atoms with Gasteiger partial charge in [-0.05, 0) is 61.4 Å². The Morgan fingerprint density at radius 3 is 2.23 bits per heavy atom. The van der Waals surface area contributed by atoms with Crippen LogP contribution in [0.4, 0.5) is 11.4 Å². The summed E-state index contributed by atoms with van der Waals surface area (Å²) in [6, 6.07) is 13.0. The van der Waals surface area contributed by atoms with Gasteiger partial charge in [-0.2, -0.15) is 0 Å². The van der Waals surface area contributed by atoms with Gasteiger partial charge in [0.2, 0.25) is 0 Å². The molecule has 0 radical (unpaired) electrons. The van der Waals surface area contributed by atoms with E-state index in [9.17, 15) is 18.5 Å². The Bertz CT molecular complexity index is 1230. The molecule has 0 fully saturated rings. The van der Waals surface area contributed by atoms with Crippen LogP contribution >= 0.6 is 23.2 Å². The average molecular weight is 467 g/mol. The third kappa shape index (κ3) is 5.02. The van der Waals surface area contributed by atoms with Crippen LogP contribution in [0, 0.1) is 24.0 Å². The Hall–Kier alpha value is -2.81. The number of halogens is 2. The molecule has 0 saturated heterocycles. The van der Waals surface area contributed by atoms with Gasteiger partial charge in [0.25, 0.3) is 15.7 Å². The first-order valence-electron chi connectivity index (χ1n) is 8.57. The molecule has 3 aromatic rings. The lowest BCUT2D eigenvalue weighted by Crippen LogP contribution is -2.15. The largest absolute Gasteiger partial charge is 0.457 e. The number of rotatable bonds is 6. The van der Waals surface area contributed by atoms with Crippen molar-refractivity contribution in [2.24, 2.45) is 0 Å². The predicted octanol–water partition coefficient (Wildman–Crippen LogP) is 6.11. The van der Waals surface area contributed by atoms with Gasteiger partial charge in [-0.1, -0.05) is 23.2 Å². The summed E-state index contributed by atoms with van der Waals surface area (Å²) >= 11 is 11.9. The highest BCUT2D eigenvalue weighted by Gasteiger charge is 2.21. The van der Waals surface area contributed by atoms with Crippen LogP contribution in [0.1, 0.15) is 11.1 Å². The van der Waals surface area contributed by atoms with E-state index in [4.69, 9.17) is 27.9 Å². The molecule has 0 amide bonds. The number of nitro benzene ring substituents is 1. The molecule has 0 atom stereocenters. The molecule has 0 heterocycles. The Balaban J connectivity index is 1.98. The van der Waals surface area contributed by atoms with Crippen LogP contribution in [0.2, 0.25) is 10.0 Å². The van der Waals surface area contributed by atoms with Crippen molar-refractivity contribution in [2.75, 3.05) is 4.72 Å². The third-order valence-corrected chi connectivity index (χ3v) is 6.33. The van der Waals surface area contributed by atoms with Crippen LogP contribution in [0.3, 0.4) is 0 Å². The first-order valence-corrected chi connectivity index (χ1v) is 10.8. The summed E-state index contributed by atoms with van der Waals surface area (Å²) in [6.45, 7) is 3.30. The number of nitro groups is 1. The highest BCUT2D eigenvalue weighted by atomic mass is 35.5. The maximum atomic E-state index is 12.9. The molecule has 10 heteroatoms. The lowest BCUT2D eigenvalue weighted by atomic mass is 10.2. The molecule has 156 valence electrons. The fourth-order valence-electron chi connectivity index (χ4n) is 2.70. The second-order valence-electron chi connectivity index (χ2n) is 6.50. The average Bonchev–Trinajstić information content (AvgIpc) is 2.66. The predicted molar refractivity (Wildman–Crippen MR) is 116 cm³/mol. The molecular formula is C20H16Cl2N2O5S. The highest BCUT2D eigenvalue weighted by Crippen LogP contribution is 2.32. The second-order valence-corrected chi connectivity index (χ2v) is 9.00. The third-order valence-electron chi connectivity index (χ3n) is 4.15. The number of nitrogens with zero attached hydrogens (tertiary/aromatic N) is 1. The van der Waals surface area contributed by atoms with E-state index in [2.05, 4.69) is 4.72 Å². The minimum atomic E-state index is -4.03. The number of non-ortho nitro benzene ring substituents is 1. The standard InChI is InChI=1S/C20H16Cl2N2O5S/c1-12-8-20(13(2)7-19(12)22)30(27,28)23-15-9-16(24(25)26)11-18(10-15)29-17-5-3-14(21)4-6-17/h3-11,23H,1-2H3. The van der Waals surface area contributed by atoms with Crippen molar-refractivity contribution in [1.82, 2.24) is 0 Å². The quantitative estimate of drug-likeness (QED) is 0.348. The van der Waals surface area contributed by atoms with Gasteiger partial charge in [-0.25, -0.2) is 8.42 Å². The number of aryl methyl sites for hydroxylation is 2. The zero-order valence-corrected chi connectivity index (χ0v) is 18.2. The Morgan fingerprint density at radius 2 is 1.60 bits per heavy atom. The van der Waals surface area contributed by atoms with Gasteiger partial charge < -0.3 is 4.74 Å². The van der Waals surface area contributed by atoms with E-state index in [-0.39, 0.29) is 22.0 Å². The molecule has 0 aromatic heterocycles. The van der Waals surface area contributed by atoms with Crippen LogP contribution in [-0.4, -0.2) is 13.3 Å². The summed E-state index contributed by atoms with van der Waals surface area (Å²) < 4.78 is 33.8. The van der Waals surface area contributed by atoms with Crippen LogP contribution in [0.15, 0.2) is 59.5 Å². The minimum Gasteiger partial charge on any atom is -0.457 e. The Kier molecular flexibility index (Phi) is 6.21. The van der Waals surface area contributed by atoms with Crippen LogP contribution in [-0.2, 0) is 10.0 Å². The van der Waals surface area contributed by atoms with Crippen molar-refractivity contribution >= 4 is 44.6 Å². The number of benzene rings is 3. The normalized spacial score (nSPS) is 11.2. The van der Waals surface area contributed by atoms with Gasteiger partial charge in [0.05, 0.1) is 21.6 Å². The van der Waals surface area contributed by atoms with Crippen molar-refractivity contribution in [3.05, 3.63) is 85.9 Å². The van der Waals surface area contributed by atoms with E-state index >= 15 is 0 Å². The second kappa shape index (κ2) is 8.51. The van der Waals surface area contributed by atoms with Gasteiger partial charge in [0.15, 0.2) is 0 Å². The summed E-state index contributed by atoms with van der Waals surface area (Å²) in [4.78, 5) is 10.7. The first kappa shape index (κ1) is 21.9. The maximum Gasteiger partial charge on any atom is 0.275 e. The number of anilines is 1. The zero-order chi connectivity index (χ0) is 22.1. The van der Waals surface area contributed by atoms with Crippen molar-refractivity contribution in [3.63, 3.8) is 0 Å². The minimum absolute atomic E-state index is 0.0137. The molecule has 0 saturated carbocycles. The summed E-state index contributed by atoms with van der Waals surface area (Å²) in [6.07, 6.45) is 0. The van der Waals surface area contributed by atoms with E-state index in [0.717, 1.165) is 6.07 Å². The fourth-order valence-corrected chi connectivity index (χ4v) is 4.40. The van der Waals surface area contributed by atoms with Gasteiger partial charge in [-0.3, -0.25) is 14.8 Å². The van der Waals surface area contributed by atoms with E-state index in [1.54, 1.807) is 44.2 Å². The van der Waals surface area contributed by atoms with Gasteiger partial charge >= 0.3 is 0 Å². The number of hydrogen-bond acceptors (Lipinski definition) is 5. The summed E-state index contributed by atoms with van der Waals surface area (Å²) in [5.74, 6) is 0.478. The van der Waals surface area contributed by atoms with Crippen LogP contribution in [0.5, 0.6) is 11.5 Å². The zero-order valence-electron chi connectivity index (χ0n) is 15.8. The molecule has 0 bridgehead atoms. The lowest BCUT2D eigenvalue weighted by molar-refractivity contribution is -0.384. The molecule has 0 aliphatic rings. The van der Waals surface area contributed by atoms with Gasteiger partial charge in [0.1, 0.15) is 11.5 Å². The van der Waals surface area contributed by atoms with E-state index in [0.29, 0.717) is 26.9 Å². The fraction of sp³-hybridized carbons (Fsp3) is 0.100. The van der Waals surface area contributed by atoms with Gasteiger partial charge in [-0.15, -0.1) is 0 Å². The molecule has 1 N–H and O–H groups in total. The van der Waals surface area contributed by atoms with Crippen LogP contribution < -0.4 is 9.46 Å². The molecule has 3 aromatic carbocycles. The van der Waals surface area contributed by atoms with Crippen molar-refractivity contribution in [1.29, 1.82) is 0 Å². The van der Waals surface area contributed by atoms with Crippen molar-refractivity contribution in [2.45, 2.75) is 18.7 Å². The monoisotopic (exact) mass is 466 g/mol. The molecule has 7 nitrogen and oxygen atoms in total. The van der Waals surface area contributed by atoms with E-state index in [1.165, 1.54) is 18.2 Å². The Morgan fingerprint density at radius 1 is 0.933 bits per heavy atom. The van der Waals surface area contributed by atoms with Gasteiger partial charge in [0, 0.05) is 22.2 Å². The molecule has 0 unspecified atom stereocenters. The number of hydrogen-bond donors (Lipinski definition) is 1. The Labute approximate surface area is 183 Å². The summed E-state index contributed by atoms with van der Waals surface area (Å²) in [7, 11) is -4.03. The molecular weight excluding hydrogens is 451 g/mol. The smallest absolute Gasteiger partial charge is 0.275 e. The van der Waals surface area contributed by atoms with Crippen molar-refractivity contribution in [3.8, 4) is 11.5 Å². The molecule has 3 rings (SSSR count). The van der Waals surface area contributed by atoms with E-state index < -0.39 is 14.9 Å². The number of nitrogens with one attached hydrogen (secondary N) is 1.